The van der Waals surface area contributed by atoms with Gasteiger partial charge in [-0.1, -0.05) is 206 Å². The Morgan fingerprint density at radius 3 is 1.42 bits per heavy atom. The van der Waals surface area contributed by atoms with Crippen molar-refractivity contribution in [1.82, 2.24) is 4.57 Å². The Morgan fingerprint density at radius 2 is 0.761 bits per heavy atom. The van der Waals surface area contributed by atoms with Crippen LogP contribution in [0.3, 0.4) is 0 Å². The highest BCUT2D eigenvalue weighted by molar-refractivity contribution is 6.19. The Hall–Kier alpha value is -9.24. The Morgan fingerprint density at radius 1 is 0.282 bits per heavy atom. The number of para-hydroxylation sites is 1. The number of anilines is 3. The van der Waals surface area contributed by atoms with E-state index in [4.69, 9.17) is 0 Å². The van der Waals surface area contributed by atoms with Gasteiger partial charge in [-0.25, -0.2) is 0 Å². The minimum absolute atomic E-state index is 0.447. The molecule has 0 unspecified atom stereocenters. The molecule has 0 aliphatic heterocycles. The SMILES string of the molecule is c1ccc(-n2c3cc(-c4ccc(N(c5ccc(-c6ccc7ccccc7c6)cc5)c5ccc6c(c5)C5(c7ccccc7-c7ccccc75)c5ccccc5-6)cc4)ccc3c3ccc4ccccc4c32)cc1. The highest BCUT2D eigenvalue weighted by Gasteiger charge is 2.51. The molecule has 13 aromatic rings. The van der Waals surface area contributed by atoms with Gasteiger partial charge >= 0.3 is 0 Å². The van der Waals surface area contributed by atoms with Gasteiger partial charge in [-0.15, -0.1) is 0 Å². The number of fused-ring (bicyclic) bond motifs is 16. The van der Waals surface area contributed by atoms with Crippen LogP contribution in [0.5, 0.6) is 0 Å². The average Bonchev–Trinajstić information content (AvgIpc) is 4.06. The lowest BCUT2D eigenvalue weighted by Crippen LogP contribution is -2.26. The van der Waals surface area contributed by atoms with Crippen LogP contribution in [-0.4, -0.2) is 4.57 Å². The van der Waals surface area contributed by atoms with Crippen molar-refractivity contribution in [3.63, 3.8) is 0 Å². The van der Waals surface area contributed by atoms with E-state index in [1.165, 1.54) is 110 Å². The Bertz CT molecular complexity index is 4210. The summed E-state index contributed by atoms with van der Waals surface area (Å²) in [6.45, 7) is 0. The van der Waals surface area contributed by atoms with Gasteiger partial charge in [0.1, 0.15) is 0 Å². The third-order valence-corrected chi connectivity index (χ3v) is 15.6. The van der Waals surface area contributed by atoms with E-state index in [0.29, 0.717) is 0 Å². The Balaban J connectivity index is 0.896. The maximum absolute atomic E-state index is 2.49. The monoisotopic (exact) mass is 900 g/mol. The number of rotatable bonds is 6. The molecule has 71 heavy (non-hydrogen) atoms. The fraction of sp³-hybridized carbons (Fsp3) is 0.0145. The largest absolute Gasteiger partial charge is 0.310 e. The summed E-state index contributed by atoms with van der Waals surface area (Å²) in [4.78, 5) is 2.44. The van der Waals surface area contributed by atoms with Crippen LogP contribution in [0.25, 0.3) is 93.5 Å². The number of aromatic nitrogens is 1. The predicted octanol–water partition coefficient (Wildman–Crippen LogP) is 18.2. The summed E-state index contributed by atoms with van der Waals surface area (Å²) in [6.07, 6.45) is 0. The molecule has 2 aliphatic carbocycles. The van der Waals surface area contributed by atoms with Crippen molar-refractivity contribution in [1.29, 1.82) is 0 Å². The fourth-order valence-electron chi connectivity index (χ4n) is 12.4. The van der Waals surface area contributed by atoms with Gasteiger partial charge in [0.05, 0.1) is 16.4 Å². The molecular formula is C69H44N2. The van der Waals surface area contributed by atoms with Crippen LogP contribution >= 0.6 is 0 Å². The summed E-state index contributed by atoms with van der Waals surface area (Å²) in [5.74, 6) is 0. The van der Waals surface area contributed by atoms with Crippen molar-refractivity contribution in [3.8, 4) is 50.2 Å². The van der Waals surface area contributed by atoms with Crippen molar-refractivity contribution in [3.05, 3.63) is 289 Å². The molecule has 15 rings (SSSR count). The third-order valence-electron chi connectivity index (χ3n) is 15.6. The lowest BCUT2D eigenvalue weighted by molar-refractivity contribution is 0.793. The molecule has 0 atom stereocenters. The Kier molecular flexibility index (Phi) is 8.61. The van der Waals surface area contributed by atoms with Crippen molar-refractivity contribution in [2.24, 2.45) is 0 Å². The van der Waals surface area contributed by atoms with Crippen molar-refractivity contribution < 1.29 is 0 Å². The summed E-state index contributed by atoms with van der Waals surface area (Å²) >= 11 is 0. The molecule has 0 radical (unpaired) electrons. The van der Waals surface area contributed by atoms with Gasteiger partial charge in [0.2, 0.25) is 0 Å². The van der Waals surface area contributed by atoms with Crippen LogP contribution < -0.4 is 4.90 Å². The second-order valence-corrected chi connectivity index (χ2v) is 19.2. The quantitative estimate of drug-likeness (QED) is 0.161. The molecule has 2 heteroatoms. The van der Waals surface area contributed by atoms with E-state index in [1.807, 2.05) is 0 Å². The predicted molar refractivity (Wildman–Crippen MR) is 298 cm³/mol. The topological polar surface area (TPSA) is 8.17 Å². The number of nitrogens with zero attached hydrogens (tertiary/aromatic N) is 2. The molecule has 0 fully saturated rings. The third kappa shape index (κ3) is 5.83. The van der Waals surface area contributed by atoms with Crippen molar-refractivity contribution in [2.75, 3.05) is 4.90 Å². The van der Waals surface area contributed by atoms with E-state index in [-0.39, 0.29) is 0 Å². The molecule has 0 saturated carbocycles. The zero-order chi connectivity index (χ0) is 46.6. The molecule has 0 bridgehead atoms. The van der Waals surface area contributed by atoms with E-state index in [0.717, 1.165) is 22.7 Å². The highest BCUT2D eigenvalue weighted by atomic mass is 15.1. The minimum Gasteiger partial charge on any atom is -0.310 e. The van der Waals surface area contributed by atoms with Gasteiger partial charge in [0, 0.05) is 38.9 Å². The molecule has 1 heterocycles. The molecule has 330 valence electrons. The first kappa shape index (κ1) is 39.7. The molecule has 0 amide bonds. The van der Waals surface area contributed by atoms with Crippen LogP contribution in [0.1, 0.15) is 22.3 Å². The van der Waals surface area contributed by atoms with Gasteiger partial charge in [0.25, 0.3) is 0 Å². The van der Waals surface area contributed by atoms with Crippen molar-refractivity contribution >= 4 is 60.4 Å². The standard InChI is InChI=1S/C69H44N2/c1-2-17-52(18-3-1)71-67-43-51(33-39-61(67)62-40-32-48-15-6-7-19-56(48)68(62)71)47-30-36-54(37-31-47)70(53-34-28-46(29-35-53)50-27-26-45-14-4-5-16-49(45)42-50)55-38-41-60-59-22-10-13-25-65(59)69(66(60)44-55)63-23-11-8-20-57(63)58-21-9-12-24-64(58)69/h1-44H. The molecular weight excluding hydrogens is 857 g/mol. The van der Waals surface area contributed by atoms with E-state index < -0.39 is 5.41 Å². The van der Waals surface area contributed by atoms with Crippen LogP contribution in [-0.2, 0) is 5.41 Å². The van der Waals surface area contributed by atoms with E-state index in [1.54, 1.807) is 0 Å². The minimum atomic E-state index is -0.447. The molecule has 2 nitrogen and oxygen atoms in total. The normalized spacial score (nSPS) is 12.9. The second-order valence-electron chi connectivity index (χ2n) is 19.2. The van der Waals surface area contributed by atoms with Crippen LogP contribution in [0.4, 0.5) is 17.1 Å². The molecule has 2 aliphatic rings. The average molecular weight is 901 g/mol. The molecule has 1 aromatic heterocycles. The first-order valence-corrected chi connectivity index (χ1v) is 24.7. The summed E-state index contributed by atoms with van der Waals surface area (Å²) in [5, 5.41) is 7.49. The molecule has 0 saturated heterocycles. The Labute approximate surface area is 412 Å². The summed E-state index contributed by atoms with van der Waals surface area (Å²) < 4.78 is 2.45. The summed E-state index contributed by atoms with van der Waals surface area (Å²) in [6, 6.07) is 99.1. The van der Waals surface area contributed by atoms with Gasteiger partial charge in [-0.2, -0.15) is 0 Å². The van der Waals surface area contributed by atoms with E-state index >= 15 is 0 Å². The fourth-order valence-corrected chi connectivity index (χ4v) is 12.4. The van der Waals surface area contributed by atoms with E-state index in [9.17, 15) is 0 Å². The lowest BCUT2D eigenvalue weighted by Gasteiger charge is -2.32. The van der Waals surface area contributed by atoms with Gasteiger partial charge in [-0.3, -0.25) is 0 Å². The summed E-state index contributed by atoms with van der Waals surface area (Å²) in [7, 11) is 0. The zero-order valence-electron chi connectivity index (χ0n) is 38.8. The number of hydrogen-bond donors (Lipinski definition) is 0. The lowest BCUT2D eigenvalue weighted by atomic mass is 9.70. The van der Waals surface area contributed by atoms with Crippen LogP contribution in [0.2, 0.25) is 0 Å². The number of benzene rings is 12. The number of hydrogen-bond acceptors (Lipinski definition) is 1. The van der Waals surface area contributed by atoms with Gasteiger partial charge in [0.15, 0.2) is 0 Å². The second kappa shape index (κ2) is 15.4. The maximum Gasteiger partial charge on any atom is 0.0726 e. The zero-order valence-corrected chi connectivity index (χ0v) is 38.8. The molecule has 0 N–H and O–H groups in total. The smallest absolute Gasteiger partial charge is 0.0726 e. The van der Waals surface area contributed by atoms with E-state index in [2.05, 4.69) is 276 Å². The van der Waals surface area contributed by atoms with Crippen molar-refractivity contribution in [2.45, 2.75) is 5.41 Å². The molecule has 1 spiro atoms. The van der Waals surface area contributed by atoms with Gasteiger partial charge < -0.3 is 9.47 Å². The summed E-state index contributed by atoms with van der Waals surface area (Å²) in [5.41, 5.74) is 21.7. The first-order chi connectivity index (χ1) is 35.2. The van der Waals surface area contributed by atoms with Gasteiger partial charge in [-0.05, 0) is 144 Å². The van der Waals surface area contributed by atoms with Crippen LogP contribution in [0.15, 0.2) is 267 Å². The highest BCUT2D eigenvalue weighted by Crippen LogP contribution is 2.63. The maximum atomic E-state index is 2.49. The molecule has 12 aromatic carbocycles. The first-order valence-electron chi connectivity index (χ1n) is 24.7. The van der Waals surface area contributed by atoms with Crippen LogP contribution in [0, 0.1) is 0 Å².